The molecule has 4 nitrogen and oxygen atoms in total. The quantitative estimate of drug-likeness (QED) is 0.933. The van der Waals surface area contributed by atoms with E-state index in [1.807, 2.05) is 12.1 Å². The van der Waals surface area contributed by atoms with E-state index in [0.29, 0.717) is 11.5 Å². The molecule has 0 radical (unpaired) electrons. The number of halogens is 2. The highest BCUT2D eigenvalue weighted by atomic mass is 19.2. The van der Waals surface area contributed by atoms with Crippen LogP contribution in [0.25, 0.3) is 0 Å². The van der Waals surface area contributed by atoms with Crippen LogP contribution in [-0.2, 0) is 6.42 Å². The number of ether oxygens (including phenoxy) is 2. The van der Waals surface area contributed by atoms with Gasteiger partial charge < -0.3 is 14.8 Å². The summed E-state index contributed by atoms with van der Waals surface area (Å²) >= 11 is 0. The minimum atomic E-state index is -1.04. The monoisotopic (exact) mass is 333 g/mol. The molecule has 0 spiro atoms. The molecule has 2 aromatic rings. The first-order valence-corrected chi connectivity index (χ1v) is 7.54. The Hall–Kier alpha value is -2.63. The molecular formula is C18H17F2NO3. The van der Waals surface area contributed by atoms with Crippen molar-refractivity contribution >= 4 is 5.91 Å². The summed E-state index contributed by atoms with van der Waals surface area (Å²) < 4.78 is 36.9. The van der Waals surface area contributed by atoms with Crippen molar-refractivity contribution in [2.75, 3.05) is 14.2 Å². The molecule has 1 unspecified atom stereocenters. The fraction of sp³-hybridized carbons (Fsp3) is 0.278. The number of hydrogen-bond acceptors (Lipinski definition) is 3. The first kappa shape index (κ1) is 16.2. The largest absolute Gasteiger partial charge is 0.493 e. The van der Waals surface area contributed by atoms with Crippen LogP contribution in [0.15, 0.2) is 30.3 Å². The molecule has 126 valence electrons. The summed E-state index contributed by atoms with van der Waals surface area (Å²) in [5.74, 6) is -1.23. The van der Waals surface area contributed by atoms with Gasteiger partial charge in [0.25, 0.3) is 5.91 Å². The third-order valence-electron chi connectivity index (χ3n) is 4.21. The van der Waals surface area contributed by atoms with E-state index in [1.54, 1.807) is 14.2 Å². The van der Waals surface area contributed by atoms with Crippen LogP contribution in [0.2, 0.25) is 0 Å². The van der Waals surface area contributed by atoms with Gasteiger partial charge in [-0.3, -0.25) is 4.79 Å². The Kier molecular flexibility index (Phi) is 4.38. The van der Waals surface area contributed by atoms with Crippen molar-refractivity contribution in [1.29, 1.82) is 0 Å². The van der Waals surface area contributed by atoms with Gasteiger partial charge in [-0.05, 0) is 54.3 Å². The fourth-order valence-electron chi connectivity index (χ4n) is 2.96. The lowest BCUT2D eigenvalue weighted by atomic mass is 10.1. The highest BCUT2D eigenvalue weighted by Gasteiger charge is 2.26. The van der Waals surface area contributed by atoms with Crippen molar-refractivity contribution in [1.82, 2.24) is 5.32 Å². The molecule has 0 aliphatic heterocycles. The summed E-state index contributed by atoms with van der Waals surface area (Å²) in [5.41, 5.74) is 2.11. The second-order valence-electron chi connectivity index (χ2n) is 5.60. The van der Waals surface area contributed by atoms with Crippen LogP contribution in [0.1, 0.15) is 33.9 Å². The number of carbonyl (C=O) groups excluding carboxylic acids is 1. The van der Waals surface area contributed by atoms with Gasteiger partial charge in [0.15, 0.2) is 23.1 Å². The Balaban J connectivity index is 1.83. The predicted octanol–water partition coefficient (Wildman–Crippen LogP) is 3.40. The second kappa shape index (κ2) is 6.47. The van der Waals surface area contributed by atoms with Gasteiger partial charge in [0, 0.05) is 5.56 Å². The van der Waals surface area contributed by atoms with Crippen molar-refractivity contribution in [2.45, 2.75) is 18.9 Å². The van der Waals surface area contributed by atoms with Crippen LogP contribution in [0.3, 0.4) is 0 Å². The molecule has 24 heavy (non-hydrogen) atoms. The zero-order chi connectivity index (χ0) is 17.3. The molecule has 3 rings (SSSR count). The standard InChI is InChI=1S/C18H17F2NO3/c1-23-16-8-10-4-6-15(12(10)9-17(16)24-2)21-18(22)11-3-5-13(19)14(20)7-11/h3,5,7-9,15H,4,6H2,1-2H3,(H,21,22). The van der Waals surface area contributed by atoms with Crippen LogP contribution >= 0.6 is 0 Å². The van der Waals surface area contributed by atoms with Gasteiger partial charge in [-0.25, -0.2) is 8.78 Å². The Morgan fingerprint density at radius 2 is 1.79 bits per heavy atom. The molecule has 1 aliphatic rings. The van der Waals surface area contributed by atoms with Crippen LogP contribution in [0.4, 0.5) is 8.78 Å². The minimum Gasteiger partial charge on any atom is -0.493 e. The van der Waals surface area contributed by atoms with Crippen LogP contribution in [0.5, 0.6) is 11.5 Å². The van der Waals surface area contributed by atoms with Crippen molar-refractivity contribution in [3.63, 3.8) is 0 Å². The Morgan fingerprint density at radius 3 is 2.46 bits per heavy atom. The van der Waals surface area contributed by atoms with E-state index < -0.39 is 17.5 Å². The SMILES string of the molecule is COc1cc2c(cc1OC)C(NC(=O)c1ccc(F)c(F)c1)CC2. The third-order valence-corrected chi connectivity index (χ3v) is 4.21. The summed E-state index contributed by atoms with van der Waals surface area (Å²) in [5, 5.41) is 2.86. The van der Waals surface area contributed by atoms with E-state index in [0.717, 1.165) is 36.1 Å². The maximum atomic E-state index is 13.3. The second-order valence-corrected chi connectivity index (χ2v) is 5.60. The molecule has 1 N–H and O–H groups in total. The van der Waals surface area contributed by atoms with Crippen molar-refractivity contribution in [3.8, 4) is 11.5 Å². The molecule has 2 aromatic carbocycles. The first-order valence-electron chi connectivity index (χ1n) is 7.54. The number of fused-ring (bicyclic) bond motifs is 1. The number of methoxy groups -OCH3 is 2. The Bertz CT molecular complexity index is 792. The lowest BCUT2D eigenvalue weighted by Crippen LogP contribution is -2.27. The summed E-state index contributed by atoms with van der Waals surface area (Å²) in [6, 6.07) is 6.64. The Labute approximate surface area is 138 Å². The zero-order valence-corrected chi connectivity index (χ0v) is 13.4. The van der Waals surface area contributed by atoms with Gasteiger partial charge in [-0.1, -0.05) is 0 Å². The van der Waals surface area contributed by atoms with E-state index in [2.05, 4.69) is 5.32 Å². The molecule has 1 atom stereocenters. The van der Waals surface area contributed by atoms with Gasteiger partial charge in [-0.15, -0.1) is 0 Å². The predicted molar refractivity (Wildman–Crippen MR) is 84.4 cm³/mol. The molecule has 0 heterocycles. The number of rotatable bonds is 4. The Morgan fingerprint density at radius 1 is 1.08 bits per heavy atom. The van der Waals surface area contributed by atoms with E-state index in [9.17, 15) is 13.6 Å². The fourth-order valence-corrected chi connectivity index (χ4v) is 2.96. The van der Waals surface area contributed by atoms with E-state index in [-0.39, 0.29) is 11.6 Å². The smallest absolute Gasteiger partial charge is 0.251 e. The molecule has 0 fully saturated rings. The summed E-state index contributed by atoms with van der Waals surface area (Å²) in [6.45, 7) is 0. The van der Waals surface area contributed by atoms with Gasteiger partial charge >= 0.3 is 0 Å². The van der Waals surface area contributed by atoms with E-state index in [1.165, 1.54) is 6.07 Å². The maximum absolute atomic E-state index is 13.3. The molecule has 0 saturated carbocycles. The lowest BCUT2D eigenvalue weighted by Gasteiger charge is -2.16. The zero-order valence-electron chi connectivity index (χ0n) is 13.4. The summed E-state index contributed by atoms with van der Waals surface area (Å²) in [7, 11) is 3.12. The van der Waals surface area contributed by atoms with Crippen molar-refractivity contribution in [3.05, 3.63) is 58.7 Å². The van der Waals surface area contributed by atoms with Crippen molar-refractivity contribution in [2.24, 2.45) is 0 Å². The average Bonchev–Trinajstić information content (AvgIpc) is 2.97. The molecule has 1 aliphatic carbocycles. The number of aryl methyl sites for hydroxylation is 1. The van der Waals surface area contributed by atoms with Crippen molar-refractivity contribution < 1.29 is 23.0 Å². The van der Waals surface area contributed by atoms with Crippen LogP contribution in [0, 0.1) is 11.6 Å². The molecule has 6 heteroatoms. The molecule has 0 saturated heterocycles. The number of benzene rings is 2. The topological polar surface area (TPSA) is 47.6 Å². The summed E-state index contributed by atoms with van der Waals surface area (Å²) in [4.78, 5) is 12.3. The molecule has 0 bridgehead atoms. The van der Waals surface area contributed by atoms with Gasteiger partial charge in [0.05, 0.1) is 20.3 Å². The van der Waals surface area contributed by atoms with Gasteiger partial charge in [0.2, 0.25) is 0 Å². The molecule has 1 amide bonds. The van der Waals surface area contributed by atoms with E-state index >= 15 is 0 Å². The minimum absolute atomic E-state index is 0.0860. The number of nitrogens with one attached hydrogen (secondary N) is 1. The molecular weight excluding hydrogens is 316 g/mol. The first-order chi connectivity index (χ1) is 11.5. The highest BCUT2D eigenvalue weighted by Crippen LogP contribution is 2.39. The van der Waals surface area contributed by atoms with Gasteiger partial charge in [-0.2, -0.15) is 0 Å². The molecule has 0 aromatic heterocycles. The van der Waals surface area contributed by atoms with Gasteiger partial charge in [0.1, 0.15) is 0 Å². The normalized spacial score (nSPS) is 15.8. The average molecular weight is 333 g/mol. The van der Waals surface area contributed by atoms with E-state index in [4.69, 9.17) is 9.47 Å². The number of amides is 1. The van der Waals surface area contributed by atoms with Crippen LogP contribution in [-0.4, -0.2) is 20.1 Å². The third kappa shape index (κ3) is 2.91. The van der Waals surface area contributed by atoms with Crippen LogP contribution < -0.4 is 14.8 Å². The highest BCUT2D eigenvalue weighted by molar-refractivity contribution is 5.94. The number of carbonyl (C=O) groups is 1. The summed E-state index contributed by atoms with van der Waals surface area (Å²) in [6.07, 6.45) is 1.51. The lowest BCUT2D eigenvalue weighted by molar-refractivity contribution is 0.0936. The maximum Gasteiger partial charge on any atom is 0.251 e. The number of hydrogen-bond donors (Lipinski definition) is 1.